The maximum Gasteiger partial charge on any atom is 0.339 e. The Morgan fingerprint density at radius 2 is 1.85 bits per heavy atom. The Hall–Kier alpha value is -3.22. The first-order valence-corrected chi connectivity index (χ1v) is 8.91. The van der Waals surface area contributed by atoms with Gasteiger partial charge in [-0.2, -0.15) is 4.68 Å². The van der Waals surface area contributed by atoms with Gasteiger partial charge in [0, 0.05) is 0 Å². The van der Waals surface area contributed by atoms with Crippen LogP contribution in [0.1, 0.15) is 36.5 Å². The fraction of sp³-hybridized carbons (Fsp3) is 0.300. The predicted octanol–water partition coefficient (Wildman–Crippen LogP) is 3.18. The number of carbonyl (C=O) groups excluding carboxylic acids is 1. The summed E-state index contributed by atoms with van der Waals surface area (Å²) < 4.78 is 11.8. The van der Waals surface area contributed by atoms with E-state index in [1.54, 1.807) is 48.5 Å². The van der Waals surface area contributed by atoms with Crippen molar-refractivity contribution in [3.8, 4) is 5.75 Å². The zero-order valence-corrected chi connectivity index (χ0v) is 15.1. The van der Waals surface area contributed by atoms with Crippen molar-refractivity contribution in [2.45, 2.75) is 32.9 Å². The third-order valence-electron chi connectivity index (χ3n) is 4.05. The number of nitrogens with zero attached hydrogens (tertiary/aromatic N) is 3. The molecular formula is C20H21N3O4. The Kier molecular flexibility index (Phi) is 6.14. The van der Waals surface area contributed by atoms with Gasteiger partial charge in [0.2, 0.25) is 0 Å². The molecule has 2 aromatic carbocycles. The minimum Gasteiger partial charge on any atom is -0.494 e. The lowest BCUT2D eigenvalue weighted by Crippen LogP contribution is -2.26. The number of fused-ring (bicyclic) bond motifs is 1. The molecule has 1 heterocycles. The summed E-state index contributed by atoms with van der Waals surface area (Å²) in [5.41, 5.74) is 0.515. The average molecular weight is 367 g/mol. The van der Waals surface area contributed by atoms with Gasteiger partial charge in [0.1, 0.15) is 11.3 Å². The number of esters is 1. The third kappa shape index (κ3) is 4.69. The molecular weight excluding hydrogens is 346 g/mol. The molecule has 0 saturated heterocycles. The quantitative estimate of drug-likeness (QED) is 0.449. The zero-order chi connectivity index (χ0) is 19.1. The molecule has 0 atom stereocenters. The molecule has 27 heavy (non-hydrogen) atoms. The lowest BCUT2D eigenvalue weighted by molar-refractivity contribution is 0.0336. The van der Waals surface area contributed by atoms with Gasteiger partial charge in [-0.3, -0.25) is 4.79 Å². The van der Waals surface area contributed by atoms with Crippen LogP contribution in [-0.4, -0.2) is 27.6 Å². The van der Waals surface area contributed by atoms with Gasteiger partial charge in [0.25, 0.3) is 5.56 Å². The zero-order valence-electron chi connectivity index (χ0n) is 15.1. The molecule has 1 aromatic heterocycles. The van der Waals surface area contributed by atoms with E-state index < -0.39 is 5.97 Å². The minimum atomic E-state index is -0.547. The highest BCUT2D eigenvalue weighted by Crippen LogP contribution is 2.14. The number of hydrogen-bond donors (Lipinski definition) is 0. The highest BCUT2D eigenvalue weighted by molar-refractivity contribution is 5.89. The van der Waals surface area contributed by atoms with Crippen LogP contribution in [0.2, 0.25) is 0 Å². The SMILES string of the molecule is CCCCCOc1ccc(C(=O)OCn2nnc3ccccc3c2=O)cc1. The molecule has 7 heteroatoms. The summed E-state index contributed by atoms with van der Waals surface area (Å²) in [7, 11) is 0. The summed E-state index contributed by atoms with van der Waals surface area (Å²) in [6.07, 6.45) is 3.27. The fourth-order valence-electron chi connectivity index (χ4n) is 2.54. The smallest absolute Gasteiger partial charge is 0.339 e. The Morgan fingerprint density at radius 3 is 2.63 bits per heavy atom. The van der Waals surface area contributed by atoms with E-state index >= 15 is 0 Å². The van der Waals surface area contributed by atoms with Crippen LogP contribution in [-0.2, 0) is 11.5 Å². The number of ether oxygens (including phenoxy) is 2. The van der Waals surface area contributed by atoms with Gasteiger partial charge in [0.05, 0.1) is 17.6 Å². The van der Waals surface area contributed by atoms with E-state index in [2.05, 4.69) is 17.2 Å². The fourth-order valence-corrected chi connectivity index (χ4v) is 2.54. The maximum atomic E-state index is 12.3. The number of rotatable bonds is 8. The van der Waals surface area contributed by atoms with Gasteiger partial charge < -0.3 is 9.47 Å². The van der Waals surface area contributed by atoms with Crippen molar-refractivity contribution in [3.63, 3.8) is 0 Å². The Labute approximate surface area is 156 Å². The third-order valence-corrected chi connectivity index (χ3v) is 4.05. The lowest BCUT2D eigenvalue weighted by Gasteiger charge is -2.08. The summed E-state index contributed by atoms with van der Waals surface area (Å²) in [5.74, 6) is 0.161. The van der Waals surface area contributed by atoms with Crippen LogP contribution in [0.4, 0.5) is 0 Å². The molecule has 0 saturated carbocycles. The summed E-state index contributed by atoms with van der Waals surface area (Å²) in [6.45, 7) is 2.49. The predicted molar refractivity (Wildman–Crippen MR) is 101 cm³/mol. The van der Waals surface area contributed by atoms with Gasteiger partial charge in [0.15, 0.2) is 6.73 Å². The highest BCUT2D eigenvalue weighted by atomic mass is 16.5. The molecule has 7 nitrogen and oxygen atoms in total. The molecule has 140 valence electrons. The van der Waals surface area contributed by atoms with Crippen molar-refractivity contribution >= 4 is 16.9 Å². The lowest BCUT2D eigenvalue weighted by atomic mass is 10.2. The molecule has 0 aliphatic carbocycles. The second-order valence-corrected chi connectivity index (χ2v) is 6.05. The first-order valence-electron chi connectivity index (χ1n) is 8.91. The molecule has 3 aromatic rings. The monoisotopic (exact) mass is 367 g/mol. The molecule has 0 bridgehead atoms. The van der Waals surface area contributed by atoms with Gasteiger partial charge >= 0.3 is 5.97 Å². The molecule has 0 N–H and O–H groups in total. The molecule has 0 aliphatic heterocycles. The van der Waals surface area contributed by atoms with E-state index in [1.807, 2.05) is 0 Å². The van der Waals surface area contributed by atoms with Crippen molar-refractivity contribution < 1.29 is 14.3 Å². The topological polar surface area (TPSA) is 83.3 Å². The van der Waals surface area contributed by atoms with Crippen LogP contribution in [0.25, 0.3) is 10.9 Å². The van der Waals surface area contributed by atoms with Crippen LogP contribution >= 0.6 is 0 Å². The van der Waals surface area contributed by atoms with Crippen molar-refractivity contribution in [2.24, 2.45) is 0 Å². The first kappa shape index (κ1) is 18.6. The Bertz CT molecular complexity index is 967. The molecule has 0 aliphatic rings. The van der Waals surface area contributed by atoms with E-state index in [-0.39, 0.29) is 12.3 Å². The Morgan fingerprint density at radius 1 is 1.07 bits per heavy atom. The number of benzene rings is 2. The van der Waals surface area contributed by atoms with Crippen LogP contribution < -0.4 is 10.3 Å². The average Bonchev–Trinajstić information content (AvgIpc) is 2.71. The molecule has 0 fully saturated rings. The van der Waals surface area contributed by atoms with E-state index in [0.29, 0.717) is 28.8 Å². The molecule has 3 rings (SSSR count). The van der Waals surface area contributed by atoms with Gasteiger partial charge in [-0.1, -0.05) is 37.1 Å². The molecule has 0 spiro atoms. The number of unbranched alkanes of at least 4 members (excludes halogenated alkanes) is 2. The number of aromatic nitrogens is 3. The standard InChI is InChI=1S/C20H21N3O4/c1-2-3-6-13-26-16-11-9-15(10-12-16)20(25)27-14-23-19(24)17-7-4-5-8-18(17)21-22-23/h4-5,7-12H,2-3,6,13-14H2,1H3. The second kappa shape index (κ2) is 8.93. The first-order chi connectivity index (χ1) is 13.2. The molecule has 0 amide bonds. The molecule has 0 radical (unpaired) electrons. The summed E-state index contributed by atoms with van der Waals surface area (Å²) >= 11 is 0. The largest absolute Gasteiger partial charge is 0.494 e. The van der Waals surface area contributed by atoms with Crippen molar-refractivity contribution in [1.29, 1.82) is 0 Å². The van der Waals surface area contributed by atoms with Crippen molar-refractivity contribution in [3.05, 3.63) is 64.4 Å². The number of carbonyl (C=O) groups is 1. The van der Waals surface area contributed by atoms with Crippen LogP contribution in [0.15, 0.2) is 53.3 Å². The summed E-state index contributed by atoms with van der Waals surface area (Å²) in [5, 5.41) is 8.17. The van der Waals surface area contributed by atoms with Crippen LogP contribution in [0, 0.1) is 0 Å². The molecule has 0 unspecified atom stereocenters. The van der Waals surface area contributed by atoms with Crippen LogP contribution in [0.5, 0.6) is 5.75 Å². The van der Waals surface area contributed by atoms with Crippen molar-refractivity contribution in [1.82, 2.24) is 15.0 Å². The maximum absolute atomic E-state index is 12.3. The van der Waals surface area contributed by atoms with Crippen molar-refractivity contribution in [2.75, 3.05) is 6.61 Å². The van der Waals surface area contributed by atoms with E-state index in [4.69, 9.17) is 9.47 Å². The van der Waals surface area contributed by atoms with Crippen LogP contribution in [0.3, 0.4) is 0 Å². The van der Waals surface area contributed by atoms with E-state index in [9.17, 15) is 9.59 Å². The minimum absolute atomic E-state index is 0.301. The van der Waals surface area contributed by atoms with E-state index in [1.165, 1.54) is 0 Å². The number of hydrogen-bond acceptors (Lipinski definition) is 6. The van der Waals surface area contributed by atoms with Gasteiger partial charge in [-0.25, -0.2) is 4.79 Å². The van der Waals surface area contributed by atoms with Gasteiger partial charge in [-0.05, 0) is 42.8 Å². The normalized spacial score (nSPS) is 10.7. The van der Waals surface area contributed by atoms with Gasteiger partial charge in [-0.15, -0.1) is 5.10 Å². The Balaban J connectivity index is 1.59. The summed E-state index contributed by atoms with van der Waals surface area (Å²) in [4.78, 5) is 24.5. The second-order valence-electron chi connectivity index (χ2n) is 6.05. The summed E-state index contributed by atoms with van der Waals surface area (Å²) in [6, 6.07) is 13.6. The van der Waals surface area contributed by atoms with E-state index in [0.717, 1.165) is 23.9 Å². The highest BCUT2D eigenvalue weighted by Gasteiger charge is 2.10.